The Balaban J connectivity index is 3.96. The minimum atomic E-state index is -1.62. The lowest BCUT2D eigenvalue weighted by Gasteiger charge is -2.26. The molecule has 2 unspecified atom stereocenters. The largest absolute Gasteiger partial charge is 0.545 e. The van der Waals surface area contributed by atoms with Crippen LogP contribution in [0.1, 0.15) is 399 Å². The molecule has 0 saturated heterocycles. The van der Waals surface area contributed by atoms with Gasteiger partial charge < -0.3 is 33.3 Å². The number of nitrogens with zero attached hydrogens (tertiary/aromatic N) is 1. The summed E-state index contributed by atoms with van der Waals surface area (Å²) in [5.74, 6) is -2.25. The van der Waals surface area contributed by atoms with E-state index in [9.17, 15) is 19.5 Å². The number of hydrogen-bond donors (Lipinski definition) is 0. The maximum absolute atomic E-state index is 13.0. The lowest BCUT2D eigenvalue weighted by Crippen LogP contribution is -2.44. The van der Waals surface area contributed by atoms with E-state index in [0.29, 0.717) is 17.4 Å². The van der Waals surface area contributed by atoms with Crippen molar-refractivity contribution in [2.75, 3.05) is 47.5 Å². The van der Waals surface area contributed by atoms with E-state index in [2.05, 4.69) is 86.8 Å². The van der Waals surface area contributed by atoms with Crippen LogP contribution in [-0.2, 0) is 33.3 Å². The van der Waals surface area contributed by atoms with Crippen molar-refractivity contribution in [1.82, 2.24) is 0 Å². The fraction of sp³-hybridized carbons (Fsp3) is 0.826. The van der Waals surface area contributed by atoms with E-state index in [1.165, 1.54) is 302 Å². The summed E-state index contributed by atoms with van der Waals surface area (Å²) in [6.07, 6.45) is 100. The number of carboxylic acid groups (broad SMARTS) is 1. The predicted octanol–water partition coefficient (Wildman–Crippen LogP) is 25.0. The first-order valence-electron chi connectivity index (χ1n) is 41.1. The molecule has 0 aliphatic carbocycles. The number of carbonyl (C=O) groups is 3. The van der Waals surface area contributed by atoms with Crippen LogP contribution in [0, 0.1) is 0 Å². The van der Waals surface area contributed by atoms with Gasteiger partial charge in [0, 0.05) is 12.8 Å². The fourth-order valence-corrected chi connectivity index (χ4v) is 12.2. The Labute approximate surface area is 589 Å². The van der Waals surface area contributed by atoms with Crippen LogP contribution >= 0.6 is 0 Å². The molecule has 0 fully saturated rings. The van der Waals surface area contributed by atoms with Gasteiger partial charge in [0.25, 0.3) is 0 Å². The summed E-state index contributed by atoms with van der Waals surface area (Å²) >= 11 is 0. The first kappa shape index (κ1) is 91.7. The molecule has 95 heavy (non-hydrogen) atoms. The van der Waals surface area contributed by atoms with E-state index in [0.717, 1.165) is 70.6 Å². The number of ether oxygens (including phenoxy) is 4. The zero-order chi connectivity index (χ0) is 69.0. The topological polar surface area (TPSA) is 111 Å². The van der Waals surface area contributed by atoms with Crippen molar-refractivity contribution in [3.63, 3.8) is 0 Å². The molecule has 554 valence electrons. The Hall–Kier alpha value is -3.27. The highest BCUT2D eigenvalue weighted by Crippen LogP contribution is 2.20. The molecule has 0 saturated carbocycles. The highest BCUT2D eigenvalue weighted by molar-refractivity contribution is 5.70. The molecule has 0 bridgehead atoms. The van der Waals surface area contributed by atoms with Crippen molar-refractivity contribution in [3.05, 3.63) is 72.9 Å². The van der Waals surface area contributed by atoms with Gasteiger partial charge in [0.1, 0.15) is 13.2 Å². The minimum absolute atomic E-state index is 0.150. The van der Waals surface area contributed by atoms with Gasteiger partial charge in [-0.25, -0.2) is 0 Å². The van der Waals surface area contributed by atoms with E-state index in [-0.39, 0.29) is 32.2 Å². The second kappa shape index (κ2) is 76.5. The van der Waals surface area contributed by atoms with E-state index in [4.69, 9.17) is 18.9 Å². The van der Waals surface area contributed by atoms with Crippen LogP contribution in [0.25, 0.3) is 0 Å². The molecule has 0 aromatic carbocycles. The van der Waals surface area contributed by atoms with E-state index >= 15 is 0 Å². The predicted molar refractivity (Wildman–Crippen MR) is 408 cm³/mol. The SMILES string of the molecule is CC/C=C\C/C=C\C/C=C\C/C=C\CCCCCCCCCCCCCCCCCCCCCCCCCCC(=O)OC(COC(=O)CCCCCCCCCCCCCCCCCCCCCCC/C=C\C/C=C\CCCCCCC)COC(OCC[N+](C)(C)C)C(=O)[O-]. The number of hydrogen-bond acceptors (Lipinski definition) is 8. The van der Waals surface area contributed by atoms with Crippen LogP contribution in [0.15, 0.2) is 72.9 Å². The van der Waals surface area contributed by atoms with Gasteiger partial charge in [0.15, 0.2) is 12.4 Å². The van der Waals surface area contributed by atoms with Crippen molar-refractivity contribution in [2.24, 2.45) is 0 Å². The summed E-state index contributed by atoms with van der Waals surface area (Å²) in [4.78, 5) is 37.6. The molecule has 0 N–H and O–H groups in total. The molecule has 0 amide bonds. The van der Waals surface area contributed by atoms with Gasteiger partial charge in [-0.1, -0.05) is 376 Å². The summed E-state index contributed by atoms with van der Waals surface area (Å²) < 4.78 is 22.9. The number of carboxylic acids is 1. The molecule has 0 heterocycles. The molecule has 0 radical (unpaired) electrons. The molecule has 0 spiro atoms. The third-order valence-corrected chi connectivity index (χ3v) is 18.4. The van der Waals surface area contributed by atoms with Crippen molar-refractivity contribution in [3.8, 4) is 0 Å². The quantitative estimate of drug-likeness (QED) is 0.0195. The van der Waals surface area contributed by atoms with E-state index in [1.54, 1.807) is 0 Å². The van der Waals surface area contributed by atoms with Crippen LogP contribution in [0.2, 0.25) is 0 Å². The second-order valence-corrected chi connectivity index (χ2v) is 29.0. The second-order valence-electron chi connectivity index (χ2n) is 29.0. The summed E-state index contributed by atoms with van der Waals surface area (Å²) in [6, 6.07) is 0. The highest BCUT2D eigenvalue weighted by atomic mass is 16.7. The smallest absolute Gasteiger partial charge is 0.306 e. The monoisotopic (exact) mass is 1330 g/mol. The Morgan fingerprint density at radius 1 is 0.326 bits per heavy atom. The zero-order valence-electron chi connectivity index (χ0n) is 63.6. The van der Waals surface area contributed by atoms with Crippen LogP contribution < -0.4 is 5.11 Å². The molecular formula is C86H157NO8. The first-order chi connectivity index (χ1) is 46.6. The Bertz CT molecular complexity index is 1790. The molecule has 0 aliphatic rings. The van der Waals surface area contributed by atoms with E-state index in [1.807, 2.05) is 21.1 Å². The number of esters is 2. The van der Waals surface area contributed by atoms with Crippen molar-refractivity contribution in [2.45, 2.75) is 411 Å². The number of rotatable bonds is 77. The van der Waals surface area contributed by atoms with Crippen molar-refractivity contribution in [1.29, 1.82) is 0 Å². The summed E-state index contributed by atoms with van der Waals surface area (Å²) in [5, 5.41) is 11.9. The minimum Gasteiger partial charge on any atom is -0.545 e. The van der Waals surface area contributed by atoms with Gasteiger partial charge in [0.2, 0.25) is 0 Å². The summed E-state index contributed by atoms with van der Waals surface area (Å²) in [6.45, 7) is 4.69. The third-order valence-electron chi connectivity index (χ3n) is 18.4. The molecule has 2 atom stereocenters. The lowest BCUT2D eigenvalue weighted by molar-refractivity contribution is -0.870. The maximum atomic E-state index is 13.0. The Morgan fingerprint density at radius 3 is 0.895 bits per heavy atom. The maximum Gasteiger partial charge on any atom is 0.306 e. The average Bonchev–Trinajstić information content (AvgIpc) is 3.75. The van der Waals surface area contributed by atoms with Gasteiger partial charge >= 0.3 is 11.9 Å². The summed E-state index contributed by atoms with van der Waals surface area (Å²) in [7, 11) is 5.95. The molecule has 9 heteroatoms. The number of aliphatic carboxylic acids is 1. The first-order valence-corrected chi connectivity index (χ1v) is 41.1. The van der Waals surface area contributed by atoms with Crippen LogP contribution in [-0.4, -0.2) is 82.3 Å². The van der Waals surface area contributed by atoms with E-state index < -0.39 is 24.3 Å². The molecular weight excluding hydrogens is 1170 g/mol. The standard InChI is InChI=1S/C86H157NO8/c1-6-8-10-12-14-16-18-20-22-24-26-28-30-32-34-36-38-40-41-42-43-45-47-49-51-53-55-57-59-61-63-65-67-69-71-73-75-77-84(89)95-82(81-94-86(85(90)91)92-79-78-87(3,4)5)80-93-83(88)76-74-72-70-68-66-64-62-60-58-56-54-52-50-48-46-44-39-37-35-33-31-29-27-25-23-21-19-17-15-13-11-9-7-2/h8,10,14,16,19-22,25-28,82,86H,6-7,9,11-13,15,17-18,23-24,29-81H2,1-5H3/b10-8-,16-14-,21-19-,22-20-,27-25-,28-26-. The van der Waals surface area contributed by atoms with Gasteiger partial charge in [-0.2, -0.15) is 0 Å². The number of likely N-dealkylation sites (N-methyl/N-ethyl adjacent to an activating group) is 1. The van der Waals surface area contributed by atoms with Crippen LogP contribution in [0.5, 0.6) is 0 Å². The zero-order valence-corrected chi connectivity index (χ0v) is 63.6. The molecule has 0 rings (SSSR count). The number of allylic oxidation sites excluding steroid dienone is 12. The molecule has 0 aliphatic heterocycles. The molecule has 0 aromatic heterocycles. The summed E-state index contributed by atoms with van der Waals surface area (Å²) in [5.41, 5.74) is 0. The normalized spacial score (nSPS) is 13.0. The highest BCUT2D eigenvalue weighted by Gasteiger charge is 2.22. The van der Waals surface area contributed by atoms with Gasteiger partial charge in [-0.15, -0.1) is 0 Å². The number of unbranched alkanes of at least 4 members (excludes halogenated alkanes) is 50. The Morgan fingerprint density at radius 2 is 0.600 bits per heavy atom. The van der Waals surface area contributed by atoms with Crippen LogP contribution in [0.4, 0.5) is 0 Å². The molecule has 0 aromatic rings. The van der Waals surface area contributed by atoms with Gasteiger partial charge in [0.05, 0.1) is 40.3 Å². The third kappa shape index (κ3) is 77.9. The lowest BCUT2D eigenvalue weighted by atomic mass is 10.0. The van der Waals surface area contributed by atoms with Gasteiger partial charge in [-0.05, 0) is 83.5 Å². The number of carbonyl (C=O) groups excluding carboxylic acids is 3. The Kier molecular flexibility index (Phi) is 73.9. The fourth-order valence-electron chi connectivity index (χ4n) is 12.2. The van der Waals surface area contributed by atoms with Gasteiger partial charge in [-0.3, -0.25) is 9.59 Å². The van der Waals surface area contributed by atoms with Crippen LogP contribution in [0.3, 0.4) is 0 Å². The molecule has 9 nitrogen and oxygen atoms in total. The van der Waals surface area contributed by atoms with Crippen molar-refractivity contribution >= 4 is 17.9 Å². The van der Waals surface area contributed by atoms with Crippen molar-refractivity contribution < 1.29 is 42.9 Å². The number of quaternary nitrogens is 1. The average molecular weight is 1330 g/mol.